The number of aryl methyl sites for hydroxylation is 1. The Kier molecular flexibility index (Phi) is 2.77. The highest BCUT2D eigenvalue weighted by Gasteiger charge is 2.15. The van der Waals surface area contributed by atoms with E-state index >= 15 is 0 Å². The smallest absolute Gasteiger partial charge is 0.305 e. The third-order valence-electron chi connectivity index (χ3n) is 3.60. The molecule has 116 valence electrons. The van der Waals surface area contributed by atoms with Crippen molar-refractivity contribution >= 4 is 16.6 Å². The van der Waals surface area contributed by atoms with Gasteiger partial charge >= 0.3 is 12.2 Å². The van der Waals surface area contributed by atoms with E-state index in [4.69, 9.17) is 0 Å². The Hall–Kier alpha value is -3.10. The fourth-order valence-corrected chi connectivity index (χ4v) is 2.49. The van der Waals surface area contributed by atoms with Crippen molar-refractivity contribution in [3.63, 3.8) is 0 Å². The highest BCUT2D eigenvalue weighted by molar-refractivity contribution is 5.93. The summed E-state index contributed by atoms with van der Waals surface area (Å²) in [5, 5.41) is 8.38. The van der Waals surface area contributed by atoms with Crippen molar-refractivity contribution in [3.05, 3.63) is 46.6 Å². The Labute approximate surface area is 127 Å². The Morgan fingerprint density at radius 3 is 2.87 bits per heavy atom. The molecule has 0 spiro atoms. The van der Waals surface area contributed by atoms with E-state index in [2.05, 4.69) is 20.2 Å². The van der Waals surface area contributed by atoms with Crippen molar-refractivity contribution in [1.82, 2.24) is 29.4 Å². The van der Waals surface area contributed by atoms with Crippen LogP contribution in [0.15, 0.2) is 35.4 Å². The van der Waals surface area contributed by atoms with Crippen molar-refractivity contribution in [1.29, 1.82) is 0 Å². The molecule has 0 saturated carbocycles. The molecule has 9 heteroatoms. The quantitative estimate of drug-likeness (QED) is 0.614. The average Bonchev–Trinajstić information content (AvgIpc) is 3.15. The van der Waals surface area contributed by atoms with E-state index in [1.54, 1.807) is 0 Å². The summed E-state index contributed by atoms with van der Waals surface area (Å²) in [7, 11) is 0. The zero-order chi connectivity index (χ0) is 16.1. The lowest BCUT2D eigenvalue weighted by molar-refractivity contribution is 0.0566. The van der Waals surface area contributed by atoms with E-state index < -0.39 is 12.2 Å². The lowest BCUT2D eigenvalue weighted by Gasteiger charge is -2.01. The van der Waals surface area contributed by atoms with E-state index in [0.29, 0.717) is 21.4 Å². The fourth-order valence-electron chi connectivity index (χ4n) is 2.49. The number of fused-ring (bicyclic) bond motifs is 3. The molecule has 0 fully saturated rings. The number of H-pyrrole nitrogens is 1. The number of para-hydroxylation sites is 1. The SMILES string of the molecule is Cc1cccc2c1[nH]c(=O)n1nc(-c3cnn(C(F)F)c3)nc21. The number of hydrogen-bond donors (Lipinski definition) is 1. The summed E-state index contributed by atoms with van der Waals surface area (Å²) < 4.78 is 26.9. The number of nitrogens with one attached hydrogen (secondary N) is 1. The molecule has 0 unspecified atom stereocenters. The summed E-state index contributed by atoms with van der Waals surface area (Å²) in [6.07, 6.45) is 2.38. The van der Waals surface area contributed by atoms with Crippen LogP contribution in [-0.4, -0.2) is 29.4 Å². The van der Waals surface area contributed by atoms with Crippen LogP contribution < -0.4 is 5.69 Å². The predicted octanol–water partition coefficient (Wildman–Crippen LogP) is 2.14. The standard InChI is InChI=1S/C14H10F2N6O/c1-7-3-2-4-9-10(7)18-14(23)22-12(9)19-11(20-22)8-5-17-21(6-8)13(15)16/h2-6,13H,1H3,(H,18,23). The Morgan fingerprint density at radius 2 is 2.13 bits per heavy atom. The van der Waals surface area contributed by atoms with Crippen molar-refractivity contribution in [2.45, 2.75) is 13.5 Å². The molecule has 0 atom stereocenters. The van der Waals surface area contributed by atoms with Crippen molar-refractivity contribution in [2.24, 2.45) is 0 Å². The monoisotopic (exact) mass is 316 g/mol. The van der Waals surface area contributed by atoms with E-state index in [-0.39, 0.29) is 5.82 Å². The second kappa shape index (κ2) is 4.70. The van der Waals surface area contributed by atoms with Gasteiger partial charge in [-0.3, -0.25) is 0 Å². The highest BCUT2D eigenvalue weighted by Crippen LogP contribution is 2.22. The molecule has 4 rings (SSSR count). The molecule has 3 aromatic heterocycles. The van der Waals surface area contributed by atoms with Crippen LogP contribution in [0.25, 0.3) is 27.9 Å². The van der Waals surface area contributed by atoms with E-state index in [1.165, 1.54) is 6.20 Å². The molecular weight excluding hydrogens is 306 g/mol. The van der Waals surface area contributed by atoms with Crippen LogP contribution in [0.2, 0.25) is 0 Å². The lowest BCUT2D eigenvalue weighted by Crippen LogP contribution is -2.17. The normalized spacial score (nSPS) is 11.8. The molecule has 23 heavy (non-hydrogen) atoms. The van der Waals surface area contributed by atoms with Crippen LogP contribution in [0.1, 0.15) is 12.1 Å². The van der Waals surface area contributed by atoms with Crippen molar-refractivity contribution < 1.29 is 8.78 Å². The summed E-state index contributed by atoms with van der Waals surface area (Å²) in [5.74, 6) is 0.163. The fraction of sp³-hybridized carbons (Fsp3) is 0.143. The van der Waals surface area contributed by atoms with Crippen LogP contribution in [0.5, 0.6) is 0 Å². The van der Waals surface area contributed by atoms with E-state index in [0.717, 1.165) is 21.7 Å². The van der Waals surface area contributed by atoms with Gasteiger partial charge in [-0.25, -0.2) is 14.5 Å². The van der Waals surface area contributed by atoms with Gasteiger partial charge in [0.25, 0.3) is 0 Å². The maximum absolute atomic E-state index is 12.6. The van der Waals surface area contributed by atoms with Gasteiger partial charge in [0.1, 0.15) is 0 Å². The number of halogens is 2. The third-order valence-corrected chi connectivity index (χ3v) is 3.60. The number of alkyl halides is 2. The van der Waals surface area contributed by atoms with E-state index in [9.17, 15) is 13.6 Å². The minimum atomic E-state index is -2.74. The van der Waals surface area contributed by atoms with Gasteiger partial charge in [0, 0.05) is 11.6 Å². The summed E-state index contributed by atoms with van der Waals surface area (Å²) in [6.45, 7) is -0.869. The number of aromatic nitrogens is 6. The Balaban J connectivity index is 2.00. The average molecular weight is 316 g/mol. The molecule has 4 aromatic rings. The first-order valence-corrected chi connectivity index (χ1v) is 6.75. The topological polar surface area (TPSA) is 80.9 Å². The molecule has 0 saturated heterocycles. The number of nitrogens with zero attached hydrogens (tertiary/aromatic N) is 5. The maximum Gasteiger partial charge on any atom is 0.348 e. The molecule has 0 bridgehead atoms. The first-order chi connectivity index (χ1) is 11.0. The highest BCUT2D eigenvalue weighted by atomic mass is 19.3. The maximum atomic E-state index is 12.6. The molecule has 1 aromatic carbocycles. The summed E-state index contributed by atoms with van der Waals surface area (Å²) >= 11 is 0. The molecule has 0 amide bonds. The van der Waals surface area contributed by atoms with Gasteiger partial charge in [-0.15, -0.1) is 5.10 Å². The lowest BCUT2D eigenvalue weighted by atomic mass is 10.1. The molecule has 0 radical (unpaired) electrons. The largest absolute Gasteiger partial charge is 0.348 e. The van der Waals surface area contributed by atoms with Gasteiger partial charge in [0.15, 0.2) is 11.5 Å². The minimum Gasteiger partial charge on any atom is -0.305 e. The molecule has 7 nitrogen and oxygen atoms in total. The number of benzene rings is 1. The summed E-state index contributed by atoms with van der Waals surface area (Å²) in [5.41, 5.74) is 1.81. The van der Waals surface area contributed by atoms with E-state index in [1.807, 2.05) is 25.1 Å². The molecule has 1 N–H and O–H groups in total. The van der Waals surface area contributed by atoms with Crippen LogP contribution in [0, 0.1) is 6.92 Å². The number of aromatic amines is 1. The van der Waals surface area contributed by atoms with Gasteiger partial charge in [-0.2, -0.15) is 18.4 Å². The third kappa shape index (κ3) is 2.00. The predicted molar refractivity (Wildman–Crippen MR) is 78.3 cm³/mol. The van der Waals surface area contributed by atoms with Crippen LogP contribution >= 0.6 is 0 Å². The summed E-state index contributed by atoms with van der Waals surface area (Å²) in [4.78, 5) is 19.2. The second-order valence-electron chi connectivity index (χ2n) is 5.09. The molecule has 0 aliphatic heterocycles. The minimum absolute atomic E-state index is 0.163. The molecule has 3 heterocycles. The van der Waals surface area contributed by atoms with Crippen molar-refractivity contribution in [2.75, 3.05) is 0 Å². The Bertz CT molecular complexity index is 1090. The van der Waals surface area contributed by atoms with Gasteiger partial charge < -0.3 is 4.98 Å². The van der Waals surface area contributed by atoms with Crippen molar-refractivity contribution in [3.8, 4) is 11.4 Å². The van der Waals surface area contributed by atoms with Crippen LogP contribution in [0.4, 0.5) is 8.78 Å². The van der Waals surface area contributed by atoms with Gasteiger partial charge in [-0.05, 0) is 18.6 Å². The molecule has 0 aliphatic carbocycles. The van der Waals surface area contributed by atoms with Crippen LogP contribution in [-0.2, 0) is 0 Å². The number of rotatable bonds is 2. The van der Waals surface area contributed by atoms with Gasteiger partial charge in [-0.1, -0.05) is 12.1 Å². The van der Waals surface area contributed by atoms with Gasteiger partial charge in [0.2, 0.25) is 0 Å². The zero-order valence-corrected chi connectivity index (χ0v) is 11.9. The second-order valence-corrected chi connectivity index (χ2v) is 5.09. The first-order valence-electron chi connectivity index (χ1n) is 6.75. The summed E-state index contributed by atoms with van der Waals surface area (Å²) in [6, 6.07) is 5.53. The van der Waals surface area contributed by atoms with Crippen LogP contribution in [0.3, 0.4) is 0 Å². The first kappa shape index (κ1) is 13.6. The number of hydrogen-bond acceptors (Lipinski definition) is 4. The molecular formula is C14H10F2N6O. The van der Waals surface area contributed by atoms with Gasteiger partial charge in [0.05, 0.1) is 17.3 Å². The zero-order valence-electron chi connectivity index (χ0n) is 11.9. The molecule has 0 aliphatic rings. The Morgan fingerprint density at radius 1 is 1.30 bits per heavy atom.